The van der Waals surface area contributed by atoms with Crippen LogP contribution in [0.25, 0.3) is 10.2 Å². The largest absolute Gasteiger partial charge is 0.497 e. The molecule has 0 unspecified atom stereocenters. The summed E-state index contributed by atoms with van der Waals surface area (Å²) in [7, 11) is 1.57. The first kappa shape index (κ1) is 18.0. The second-order valence-corrected chi connectivity index (χ2v) is 7.21. The van der Waals surface area contributed by atoms with Crippen molar-refractivity contribution in [2.45, 2.75) is 26.3 Å². The van der Waals surface area contributed by atoms with E-state index in [9.17, 15) is 4.79 Å². The number of rotatable bonds is 4. The van der Waals surface area contributed by atoms with Gasteiger partial charge in [0.15, 0.2) is 4.80 Å². The maximum atomic E-state index is 12.6. The van der Waals surface area contributed by atoms with E-state index in [1.54, 1.807) is 31.4 Å². The predicted molar refractivity (Wildman–Crippen MR) is 106 cm³/mol. The number of carbonyl (C=O) groups is 1. The van der Waals surface area contributed by atoms with Crippen LogP contribution in [0.1, 0.15) is 35.7 Å². The average Bonchev–Trinajstić information content (AvgIpc) is 2.98. The topological polar surface area (TPSA) is 43.6 Å². The van der Waals surface area contributed by atoms with Gasteiger partial charge < -0.3 is 9.30 Å². The Bertz CT molecular complexity index is 1070. The number of hydrogen-bond acceptors (Lipinski definition) is 3. The third kappa shape index (κ3) is 3.56. The predicted octanol–water partition coefficient (Wildman–Crippen LogP) is 4.21. The second kappa shape index (κ2) is 7.59. The van der Waals surface area contributed by atoms with Gasteiger partial charge in [-0.2, -0.15) is 4.99 Å². The van der Waals surface area contributed by atoms with Crippen LogP contribution < -0.4 is 9.54 Å². The molecule has 1 amide bonds. The number of carbonyl (C=O) groups excluding carboxylic acids is 1. The Morgan fingerprint density at radius 2 is 2.12 bits per heavy atom. The number of thiazole rings is 1. The van der Waals surface area contributed by atoms with Crippen LogP contribution in [0.15, 0.2) is 47.5 Å². The average molecular weight is 364 g/mol. The minimum absolute atomic E-state index is 0.315. The lowest BCUT2D eigenvalue weighted by Gasteiger charge is -2.05. The van der Waals surface area contributed by atoms with Crippen LogP contribution in [-0.2, 0) is 6.54 Å². The summed E-state index contributed by atoms with van der Waals surface area (Å²) in [5, 5.41) is 0. The van der Waals surface area contributed by atoms with Crippen LogP contribution in [0.3, 0.4) is 0 Å². The van der Waals surface area contributed by atoms with E-state index in [0.717, 1.165) is 10.2 Å². The summed E-state index contributed by atoms with van der Waals surface area (Å²) < 4.78 is 8.16. The number of methoxy groups -OCH3 is 1. The van der Waals surface area contributed by atoms with Gasteiger partial charge in [0.2, 0.25) is 0 Å². The van der Waals surface area contributed by atoms with Crippen molar-refractivity contribution in [1.29, 1.82) is 0 Å². The van der Waals surface area contributed by atoms with E-state index in [-0.39, 0.29) is 5.91 Å². The molecule has 0 radical (unpaired) electrons. The zero-order valence-corrected chi connectivity index (χ0v) is 15.8. The van der Waals surface area contributed by atoms with E-state index in [2.05, 4.69) is 36.9 Å². The summed E-state index contributed by atoms with van der Waals surface area (Å²) in [5.74, 6) is 3.39. The molecule has 0 spiro atoms. The SMILES string of the molecule is C#CCn1c(=NC(=O)c2cccc(OC)c2)sc2cc(C(C)C)ccc21. The molecule has 0 N–H and O–H groups in total. The Balaban J connectivity index is 2.13. The van der Waals surface area contributed by atoms with Crippen molar-refractivity contribution in [3.05, 3.63) is 58.4 Å². The van der Waals surface area contributed by atoms with Crippen molar-refractivity contribution >= 4 is 27.5 Å². The Kier molecular flexibility index (Phi) is 5.24. The normalized spacial score (nSPS) is 11.7. The van der Waals surface area contributed by atoms with Crippen LogP contribution in [0.4, 0.5) is 0 Å². The van der Waals surface area contributed by atoms with Gasteiger partial charge in [0, 0.05) is 5.56 Å². The van der Waals surface area contributed by atoms with E-state index in [1.165, 1.54) is 16.9 Å². The standard InChI is InChI=1S/C21H20N2O2S/c1-5-11-23-18-10-9-15(14(2)3)13-19(18)26-21(23)22-20(24)16-7-6-8-17(12-16)25-4/h1,6-10,12-14H,11H2,2-4H3. The lowest BCUT2D eigenvalue weighted by atomic mass is 10.0. The number of aromatic nitrogens is 1. The Hall–Kier alpha value is -2.84. The van der Waals surface area contributed by atoms with Crippen molar-refractivity contribution < 1.29 is 9.53 Å². The van der Waals surface area contributed by atoms with Gasteiger partial charge in [0.05, 0.1) is 23.9 Å². The molecule has 4 nitrogen and oxygen atoms in total. The maximum Gasteiger partial charge on any atom is 0.279 e. The molecular weight excluding hydrogens is 344 g/mol. The third-order valence-electron chi connectivity index (χ3n) is 4.14. The monoisotopic (exact) mass is 364 g/mol. The lowest BCUT2D eigenvalue weighted by Crippen LogP contribution is -2.16. The van der Waals surface area contributed by atoms with Gasteiger partial charge in [-0.1, -0.05) is 43.2 Å². The van der Waals surface area contributed by atoms with Crippen LogP contribution in [-0.4, -0.2) is 17.6 Å². The van der Waals surface area contributed by atoms with Gasteiger partial charge in [0.25, 0.3) is 5.91 Å². The fourth-order valence-electron chi connectivity index (χ4n) is 2.69. The summed E-state index contributed by atoms with van der Waals surface area (Å²) in [6.45, 7) is 4.68. The molecule has 0 aliphatic carbocycles. The fraction of sp³-hybridized carbons (Fsp3) is 0.238. The number of terminal acetylenes is 1. The Morgan fingerprint density at radius 1 is 1.31 bits per heavy atom. The first-order valence-electron chi connectivity index (χ1n) is 8.33. The molecule has 0 saturated heterocycles. The van der Waals surface area contributed by atoms with Gasteiger partial charge in [-0.25, -0.2) is 0 Å². The maximum absolute atomic E-state index is 12.6. The number of hydrogen-bond donors (Lipinski definition) is 0. The highest BCUT2D eigenvalue weighted by Crippen LogP contribution is 2.23. The highest BCUT2D eigenvalue weighted by molar-refractivity contribution is 7.16. The lowest BCUT2D eigenvalue weighted by molar-refractivity contribution is 0.0997. The number of benzene rings is 2. The Morgan fingerprint density at radius 3 is 2.81 bits per heavy atom. The summed E-state index contributed by atoms with van der Waals surface area (Å²) in [6, 6.07) is 13.3. The minimum atomic E-state index is -0.315. The molecule has 0 fully saturated rings. The molecule has 0 bridgehead atoms. The molecule has 26 heavy (non-hydrogen) atoms. The van der Waals surface area contributed by atoms with Crippen molar-refractivity contribution in [2.24, 2.45) is 4.99 Å². The highest BCUT2D eigenvalue weighted by Gasteiger charge is 2.11. The molecular formula is C21H20N2O2S. The first-order chi connectivity index (χ1) is 12.5. The fourth-order valence-corrected chi connectivity index (χ4v) is 3.76. The quantitative estimate of drug-likeness (QED) is 0.651. The van der Waals surface area contributed by atoms with Gasteiger partial charge in [0.1, 0.15) is 5.75 Å². The smallest absolute Gasteiger partial charge is 0.279 e. The summed E-state index contributed by atoms with van der Waals surface area (Å²) in [4.78, 5) is 17.5. The highest BCUT2D eigenvalue weighted by atomic mass is 32.1. The molecule has 3 rings (SSSR count). The molecule has 5 heteroatoms. The molecule has 1 aromatic heterocycles. The van der Waals surface area contributed by atoms with Gasteiger partial charge in [-0.15, -0.1) is 6.42 Å². The molecule has 1 heterocycles. The summed E-state index contributed by atoms with van der Waals surface area (Å²) >= 11 is 1.48. The first-order valence-corrected chi connectivity index (χ1v) is 9.15. The molecule has 0 saturated carbocycles. The van der Waals surface area contributed by atoms with E-state index in [4.69, 9.17) is 11.2 Å². The summed E-state index contributed by atoms with van der Waals surface area (Å²) in [5.41, 5.74) is 2.73. The van der Waals surface area contributed by atoms with Gasteiger partial charge in [-0.05, 0) is 41.8 Å². The van der Waals surface area contributed by atoms with Crippen molar-refractivity contribution in [3.8, 4) is 18.1 Å². The summed E-state index contributed by atoms with van der Waals surface area (Å²) in [6.07, 6.45) is 5.53. The molecule has 0 aliphatic heterocycles. The van der Waals surface area contributed by atoms with E-state index in [1.807, 2.05) is 10.6 Å². The zero-order valence-electron chi connectivity index (χ0n) is 15.0. The molecule has 0 aliphatic rings. The van der Waals surface area contributed by atoms with Crippen LogP contribution in [0.5, 0.6) is 5.75 Å². The van der Waals surface area contributed by atoms with Crippen LogP contribution >= 0.6 is 11.3 Å². The number of ether oxygens (including phenoxy) is 1. The van der Waals surface area contributed by atoms with Crippen molar-refractivity contribution in [1.82, 2.24) is 4.57 Å². The van der Waals surface area contributed by atoms with Crippen LogP contribution in [0, 0.1) is 12.3 Å². The number of amides is 1. The van der Waals surface area contributed by atoms with E-state index >= 15 is 0 Å². The van der Waals surface area contributed by atoms with E-state index in [0.29, 0.717) is 28.6 Å². The van der Waals surface area contributed by atoms with Gasteiger partial charge >= 0.3 is 0 Å². The molecule has 0 atom stereocenters. The van der Waals surface area contributed by atoms with Crippen molar-refractivity contribution in [2.75, 3.05) is 7.11 Å². The number of nitrogens with zero attached hydrogens (tertiary/aromatic N) is 2. The molecule has 132 valence electrons. The van der Waals surface area contributed by atoms with Crippen LogP contribution in [0.2, 0.25) is 0 Å². The number of fused-ring (bicyclic) bond motifs is 1. The zero-order chi connectivity index (χ0) is 18.7. The minimum Gasteiger partial charge on any atom is -0.497 e. The molecule has 2 aromatic carbocycles. The third-order valence-corrected chi connectivity index (χ3v) is 5.18. The second-order valence-electron chi connectivity index (χ2n) is 6.21. The Labute approximate surface area is 156 Å². The van der Waals surface area contributed by atoms with Crippen molar-refractivity contribution in [3.63, 3.8) is 0 Å². The molecule has 3 aromatic rings. The van der Waals surface area contributed by atoms with E-state index < -0.39 is 0 Å². The van der Waals surface area contributed by atoms with Gasteiger partial charge in [-0.3, -0.25) is 4.79 Å².